The quantitative estimate of drug-likeness (QED) is 0.832. The molecule has 1 heterocycles. The maximum atomic E-state index is 8.95. The summed E-state index contributed by atoms with van der Waals surface area (Å²) < 4.78 is 7.07. The average Bonchev–Trinajstić information content (AvgIpc) is 2.72. The number of nitrogens with zero attached hydrogens (tertiary/aromatic N) is 4. The van der Waals surface area contributed by atoms with Gasteiger partial charge in [0.15, 0.2) is 0 Å². The van der Waals surface area contributed by atoms with E-state index in [1.807, 2.05) is 6.07 Å². The van der Waals surface area contributed by atoms with Gasteiger partial charge in [-0.25, -0.2) is 0 Å². The van der Waals surface area contributed by atoms with Crippen molar-refractivity contribution in [3.63, 3.8) is 0 Å². The predicted molar refractivity (Wildman–Crippen MR) is 61.5 cm³/mol. The van der Waals surface area contributed by atoms with Gasteiger partial charge >= 0.3 is 0 Å². The van der Waals surface area contributed by atoms with Crippen molar-refractivity contribution in [2.24, 2.45) is 7.05 Å². The highest BCUT2D eigenvalue weighted by atomic mass is 35.5. The van der Waals surface area contributed by atoms with Crippen molar-refractivity contribution in [3.8, 4) is 11.8 Å². The summed E-state index contributed by atoms with van der Waals surface area (Å²) in [6.45, 7) is 0.253. The Kier molecular flexibility index (Phi) is 3.26. The molecule has 0 amide bonds. The van der Waals surface area contributed by atoms with Crippen LogP contribution in [-0.2, 0) is 13.7 Å². The summed E-state index contributed by atoms with van der Waals surface area (Å²) in [5.74, 6) is 0.450. The van der Waals surface area contributed by atoms with E-state index in [0.717, 1.165) is 0 Å². The van der Waals surface area contributed by atoms with Gasteiger partial charge in [-0.2, -0.15) is 5.26 Å². The van der Waals surface area contributed by atoms with Crippen LogP contribution in [0, 0.1) is 11.3 Å². The average molecular weight is 249 g/mol. The number of ether oxygens (including phenoxy) is 1. The Balaban J connectivity index is 2.14. The molecule has 0 bridgehead atoms. The Hall–Kier alpha value is -2.06. The second-order valence-electron chi connectivity index (χ2n) is 3.40. The van der Waals surface area contributed by atoms with Gasteiger partial charge in [-0.15, -0.1) is 5.10 Å². The van der Waals surface area contributed by atoms with E-state index >= 15 is 0 Å². The number of hydrogen-bond acceptors (Lipinski definition) is 4. The zero-order chi connectivity index (χ0) is 12.3. The standard InChI is InChI=1S/C11H9ClN4O/c1-16-6-8(14-15-16)7-17-11-4-2-3-10(12)9(11)5-13/h2-4,6H,7H2,1H3. The molecule has 0 N–H and O–H groups in total. The van der Waals surface area contributed by atoms with Crippen LogP contribution in [0.2, 0.25) is 5.02 Å². The second-order valence-corrected chi connectivity index (χ2v) is 3.80. The summed E-state index contributed by atoms with van der Waals surface area (Å²) in [4.78, 5) is 0. The normalized spacial score (nSPS) is 9.94. The largest absolute Gasteiger partial charge is 0.486 e. The van der Waals surface area contributed by atoms with Gasteiger partial charge < -0.3 is 4.74 Å². The molecule has 5 nitrogen and oxygen atoms in total. The van der Waals surface area contributed by atoms with Crippen LogP contribution < -0.4 is 4.74 Å². The third kappa shape index (κ3) is 2.55. The fourth-order valence-corrected chi connectivity index (χ4v) is 1.55. The van der Waals surface area contributed by atoms with E-state index in [9.17, 15) is 0 Å². The molecule has 2 rings (SSSR count). The van der Waals surface area contributed by atoms with Gasteiger partial charge in [0.1, 0.15) is 29.7 Å². The topological polar surface area (TPSA) is 63.7 Å². The molecule has 0 saturated carbocycles. The summed E-state index contributed by atoms with van der Waals surface area (Å²) >= 11 is 5.88. The van der Waals surface area contributed by atoms with Gasteiger partial charge in [0.2, 0.25) is 0 Å². The zero-order valence-corrected chi connectivity index (χ0v) is 9.85. The fourth-order valence-electron chi connectivity index (χ4n) is 1.35. The van der Waals surface area contributed by atoms with E-state index in [0.29, 0.717) is 22.0 Å². The smallest absolute Gasteiger partial charge is 0.139 e. The Labute approximate surface area is 103 Å². The molecule has 17 heavy (non-hydrogen) atoms. The number of aromatic nitrogens is 3. The highest BCUT2D eigenvalue weighted by molar-refractivity contribution is 6.31. The predicted octanol–water partition coefficient (Wildman–Crippen LogP) is 1.92. The number of benzene rings is 1. The van der Waals surface area contributed by atoms with Crippen molar-refractivity contribution in [1.29, 1.82) is 5.26 Å². The molecule has 0 radical (unpaired) electrons. The van der Waals surface area contributed by atoms with Crippen molar-refractivity contribution in [3.05, 3.63) is 40.7 Å². The molecule has 0 spiro atoms. The van der Waals surface area contributed by atoms with Gasteiger partial charge in [0.25, 0.3) is 0 Å². The molecule has 0 aliphatic heterocycles. The third-order valence-electron chi connectivity index (χ3n) is 2.11. The molecule has 0 atom stereocenters. The number of nitriles is 1. The molecule has 0 unspecified atom stereocenters. The molecule has 6 heteroatoms. The van der Waals surface area contributed by atoms with Crippen LogP contribution in [0.3, 0.4) is 0 Å². The summed E-state index contributed by atoms with van der Waals surface area (Å²) in [5, 5.41) is 17.0. The van der Waals surface area contributed by atoms with Crippen LogP contribution in [0.25, 0.3) is 0 Å². The van der Waals surface area contributed by atoms with Crippen LogP contribution >= 0.6 is 11.6 Å². The van der Waals surface area contributed by atoms with Crippen molar-refractivity contribution in [2.45, 2.75) is 6.61 Å². The van der Waals surface area contributed by atoms with E-state index < -0.39 is 0 Å². The Bertz CT molecular complexity index is 573. The molecule has 0 saturated heterocycles. The van der Waals surface area contributed by atoms with E-state index in [2.05, 4.69) is 10.3 Å². The van der Waals surface area contributed by atoms with E-state index in [1.165, 1.54) is 0 Å². The van der Waals surface area contributed by atoms with Crippen LogP contribution in [0.15, 0.2) is 24.4 Å². The molecular weight excluding hydrogens is 240 g/mol. The van der Waals surface area contributed by atoms with Gasteiger partial charge in [-0.05, 0) is 12.1 Å². The van der Waals surface area contributed by atoms with Gasteiger partial charge in [-0.3, -0.25) is 4.68 Å². The van der Waals surface area contributed by atoms with Crippen molar-refractivity contribution in [1.82, 2.24) is 15.0 Å². The third-order valence-corrected chi connectivity index (χ3v) is 2.43. The number of halogens is 1. The maximum absolute atomic E-state index is 8.95. The summed E-state index contributed by atoms with van der Waals surface area (Å²) in [7, 11) is 1.77. The van der Waals surface area contributed by atoms with E-state index in [1.54, 1.807) is 36.1 Å². The summed E-state index contributed by atoms with van der Waals surface area (Å²) in [5.41, 5.74) is 1.02. The van der Waals surface area contributed by atoms with Crippen LogP contribution in [0.1, 0.15) is 11.3 Å². The maximum Gasteiger partial charge on any atom is 0.139 e. The monoisotopic (exact) mass is 248 g/mol. The minimum Gasteiger partial charge on any atom is -0.486 e. The molecule has 0 fully saturated rings. The molecule has 2 aromatic rings. The zero-order valence-electron chi connectivity index (χ0n) is 9.09. The van der Waals surface area contributed by atoms with Gasteiger partial charge in [-0.1, -0.05) is 22.9 Å². The molecule has 0 aliphatic carbocycles. The SMILES string of the molecule is Cn1cc(COc2cccc(Cl)c2C#N)nn1. The van der Waals surface area contributed by atoms with Crippen LogP contribution in [-0.4, -0.2) is 15.0 Å². The number of rotatable bonds is 3. The minimum atomic E-state index is 0.253. The lowest BCUT2D eigenvalue weighted by molar-refractivity contribution is 0.300. The summed E-state index contributed by atoms with van der Waals surface area (Å²) in [6, 6.07) is 7.08. The first kappa shape index (κ1) is 11.4. The van der Waals surface area contributed by atoms with E-state index in [-0.39, 0.29) is 6.61 Å². The molecular formula is C11H9ClN4O. The first-order valence-corrected chi connectivity index (χ1v) is 5.25. The molecule has 86 valence electrons. The second kappa shape index (κ2) is 4.85. The number of hydrogen-bond donors (Lipinski definition) is 0. The minimum absolute atomic E-state index is 0.253. The Morgan fingerprint density at radius 1 is 1.53 bits per heavy atom. The molecule has 1 aromatic heterocycles. The highest BCUT2D eigenvalue weighted by Crippen LogP contribution is 2.25. The first-order valence-electron chi connectivity index (χ1n) is 4.87. The first-order chi connectivity index (χ1) is 8.20. The Morgan fingerprint density at radius 2 is 2.35 bits per heavy atom. The Morgan fingerprint density at radius 3 is 3.00 bits per heavy atom. The lowest BCUT2D eigenvalue weighted by Gasteiger charge is -2.06. The van der Waals surface area contributed by atoms with Crippen molar-refractivity contribution >= 4 is 11.6 Å². The summed E-state index contributed by atoms with van der Waals surface area (Å²) in [6.07, 6.45) is 1.75. The lowest BCUT2D eigenvalue weighted by Crippen LogP contribution is -1.98. The molecule has 1 aromatic carbocycles. The van der Waals surface area contributed by atoms with Crippen molar-refractivity contribution in [2.75, 3.05) is 0 Å². The van der Waals surface area contributed by atoms with Crippen LogP contribution in [0.4, 0.5) is 0 Å². The fraction of sp³-hybridized carbons (Fsp3) is 0.182. The molecule has 0 aliphatic rings. The highest BCUT2D eigenvalue weighted by Gasteiger charge is 2.08. The van der Waals surface area contributed by atoms with Crippen LogP contribution in [0.5, 0.6) is 5.75 Å². The van der Waals surface area contributed by atoms with Gasteiger partial charge in [0.05, 0.1) is 11.2 Å². The lowest BCUT2D eigenvalue weighted by atomic mass is 10.2. The number of aryl methyl sites for hydroxylation is 1. The van der Waals surface area contributed by atoms with E-state index in [4.69, 9.17) is 21.6 Å². The van der Waals surface area contributed by atoms with Crippen molar-refractivity contribution < 1.29 is 4.74 Å². The van der Waals surface area contributed by atoms with Gasteiger partial charge in [0, 0.05) is 7.05 Å².